The van der Waals surface area contributed by atoms with Gasteiger partial charge in [-0.1, -0.05) is 17.7 Å². The van der Waals surface area contributed by atoms with E-state index in [1.807, 2.05) is 32.0 Å². The average molecular weight is 246 g/mol. The van der Waals surface area contributed by atoms with Gasteiger partial charge in [0.05, 0.1) is 0 Å². The van der Waals surface area contributed by atoms with Crippen LogP contribution in [0.5, 0.6) is 0 Å². The maximum atomic E-state index is 10.7. The normalized spacial score (nSPS) is 10.4. The fourth-order valence-corrected chi connectivity index (χ4v) is 1.80. The van der Waals surface area contributed by atoms with Gasteiger partial charge in [-0.2, -0.15) is 4.98 Å². The molecule has 0 fully saturated rings. The number of carbonyl (C=O) groups is 1. The molecule has 0 unspecified atom stereocenters. The summed E-state index contributed by atoms with van der Waals surface area (Å²) in [6, 6.07) is 6.25. The maximum Gasteiger partial charge on any atom is 0.357 e. The monoisotopic (exact) mass is 246 g/mol. The van der Waals surface area contributed by atoms with E-state index in [-0.39, 0.29) is 11.7 Å². The summed E-state index contributed by atoms with van der Waals surface area (Å²) in [5.41, 5.74) is 3.08. The SMILES string of the molecule is Cc1ccc(N(C)c2nc(C(=O)O)co2)c(C)c1. The molecule has 0 bridgehead atoms. The first-order chi connectivity index (χ1) is 8.49. The molecule has 5 heteroatoms. The van der Waals surface area contributed by atoms with Gasteiger partial charge in [0, 0.05) is 12.7 Å². The Morgan fingerprint density at radius 3 is 2.67 bits per heavy atom. The molecule has 0 aliphatic rings. The lowest BCUT2D eigenvalue weighted by Crippen LogP contribution is -2.11. The van der Waals surface area contributed by atoms with Crippen molar-refractivity contribution in [3.63, 3.8) is 0 Å². The minimum absolute atomic E-state index is 0.0957. The molecule has 1 aromatic heterocycles. The van der Waals surface area contributed by atoms with Crippen LogP contribution in [-0.4, -0.2) is 23.1 Å². The van der Waals surface area contributed by atoms with Gasteiger partial charge in [-0.15, -0.1) is 0 Å². The second-order valence-electron chi connectivity index (χ2n) is 4.17. The van der Waals surface area contributed by atoms with E-state index in [4.69, 9.17) is 9.52 Å². The summed E-state index contributed by atoms with van der Waals surface area (Å²) in [5.74, 6) is -1.10. The molecule has 0 aliphatic heterocycles. The number of carboxylic acids is 1. The zero-order valence-electron chi connectivity index (χ0n) is 10.5. The van der Waals surface area contributed by atoms with Gasteiger partial charge >= 0.3 is 12.0 Å². The van der Waals surface area contributed by atoms with Crippen LogP contribution in [0.3, 0.4) is 0 Å². The van der Waals surface area contributed by atoms with Crippen molar-refractivity contribution < 1.29 is 14.3 Å². The van der Waals surface area contributed by atoms with Crippen LogP contribution in [0.4, 0.5) is 11.7 Å². The number of carboxylic acid groups (broad SMARTS) is 1. The molecule has 0 saturated carbocycles. The average Bonchev–Trinajstić information content (AvgIpc) is 2.77. The maximum absolute atomic E-state index is 10.7. The Hall–Kier alpha value is -2.30. The first-order valence-electron chi connectivity index (χ1n) is 5.49. The van der Waals surface area contributed by atoms with E-state index in [0.717, 1.165) is 17.5 Å². The van der Waals surface area contributed by atoms with Crippen LogP contribution in [0.15, 0.2) is 28.9 Å². The molecule has 2 aromatic rings. The predicted molar refractivity (Wildman–Crippen MR) is 67.4 cm³/mol. The highest BCUT2D eigenvalue weighted by Crippen LogP contribution is 2.26. The second kappa shape index (κ2) is 4.52. The van der Waals surface area contributed by atoms with Crippen LogP contribution in [0, 0.1) is 13.8 Å². The Kier molecular flexibility index (Phi) is 3.06. The first kappa shape index (κ1) is 12.2. The third kappa shape index (κ3) is 2.20. The molecule has 94 valence electrons. The zero-order chi connectivity index (χ0) is 13.3. The van der Waals surface area contributed by atoms with Gasteiger partial charge in [-0.25, -0.2) is 4.79 Å². The molecular formula is C13H14N2O3. The topological polar surface area (TPSA) is 66.6 Å². The van der Waals surface area contributed by atoms with E-state index in [2.05, 4.69) is 4.98 Å². The minimum Gasteiger partial charge on any atom is -0.476 e. The highest BCUT2D eigenvalue weighted by atomic mass is 16.4. The summed E-state index contributed by atoms with van der Waals surface area (Å²) in [4.78, 5) is 16.4. The van der Waals surface area contributed by atoms with Crippen molar-refractivity contribution in [1.82, 2.24) is 4.98 Å². The molecule has 0 amide bonds. The van der Waals surface area contributed by atoms with Crippen molar-refractivity contribution in [3.05, 3.63) is 41.3 Å². The number of oxazole rings is 1. The Morgan fingerprint density at radius 2 is 2.11 bits per heavy atom. The molecule has 1 aromatic carbocycles. The van der Waals surface area contributed by atoms with Gasteiger partial charge in [0.2, 0.25) is 0 Å². The lowest BCUT2D eigenvalue weighted by molar-refractivity contribution is 0.0690. The van der Waals surface area contributed by atoms with E-state index in [1.165, 1.54) is 5.56 Å². The summed E-state index contributed by atoms with van der Waals surface area (Å²) in [6.45, 7) is 4.00. The highest BCUT2D eigenvalue weighted by molar-refractivity contribution is 5.85. The summed E-state index contributed by atoms with van der Waals surface area (Å²) in [6.07, 6.45) is 1.14. The molecule has 5 nitrogen and oxygen atoms in total. The number of hydrogen-bond donors (Lipinski definition) is 1. The van der Waals surface area contributed by atoms with Crippen molar-refractivity contribution >= 4 is 17.7 Å². The van der Waals surface area contributed by atoms with E-state index in [9.17, 15) is 4.79 Å². The van der Waals surface area contributed by atoms with Gasteiger partial charge < -0.3 is 9.52 Å². The molecule has 18 heavy (non-hydrogen) atoms. The molecule has 0 aliphatic carbocycles. The fraction of sp³-hybridized carbons (Fsp3) is 0.231. The molecule has 0 radical (unpaired) electrons. The minimum atomic E-state index is -1.10. The third-order valence-corrected chi connectivity index (χ3v) is 2.71. The molecular weight excluding hydrogens is 232 g/mol. The van der Waals surface area contributed by atoms with E-state index >= 15 is 0 Å². The number of aromatic carboxylic acids is 1. The van der Waals surface area contributed by atoms with E-state index in [0.29, 0.717) is 0 Å². The lowest BCUT2D eigenvalue weighted by Gasteiger charge is -2.17. The lowest BCUT2D eigenvalue weighted by atomic mass is 10.1. The Labute approximate surface area is 105 Å². The van der Waals surface area contributed by atoms with Crippen LogP contribution in [-0.2, 0) is 0 Å². The molecule has 0 atom stereocenters. The van der Waals surface area contributed by atoms with Crippen molar-refractivity contribution in [1.29, 1.82) is 0 Å². The van der Waals surface area contributed by atoms with Crippen molar-refractivity contribution in [2.45, 2.75) is 13.8 Å². The van der Waals surface area contributed by atoms with Crippen LogP contribution < -0.4 is 4.90 Å². The van der Waals surface area contributed by atoms with Crippen LogP contribution in [0.2, 0.25) is 0 Å². The van der Waals surface area contributed by atoms with Gasteiger partial charge in [0.15, 0.2) is 5.69 Å². The fourth-order valence-electron chi connectivity index (χ4n) is 1.80. The van der Waals surface area contributed by atoms with Crippen LogP contribution >= 0.6 is 0 Å². The second-order valence-corrected chi connectivity index (χ2v) is 4.17. The number of rotatable bonds is 3. The van der Waals surface area contributed by atoms with Crippen molar-refractivity contribution in [2.75, 3.05) is 11.9 Å². The Bertz CT molecular complexity index is 590. The summed E-state index contributed by atoms with van der Waals surface area (Å²) in [5, 5.41) is 8.80. The standard InChI is InChI=1S/C13H14N2O3/c1-8-4-5-11(9(2)6-8)15(3)13-14-10(7-18-13)12(16)17/h4-7H,1-3H3,(H,16,17). The Morgan fingerprint density at radius 1 is 1.39 bits per heavy atom. The number of hydrogen-bond acceptors (Lipinski definition) is 4. The van der Waals surface area contributed by atoms with Gasteiger partial charge in [-0.3, -0.25) is 4.90 Å². The zero-order valence-corrected chi connectivity index (χ0v) is 10.5. The molecule has 0 spiro atoms. The summed E-state index contributed by atoms with van der Waals surface area (Å²) >= 11 is 0. The number of aryl methyl sites for hydroxylation is 2. The third-order valence-electron chi connectivity index (χ3n) is 2.71. The first-order valence-corrected chi connectivity index (χ1v) is 5.49. The van der Waals surface area contributed by atoms with Gasteiger partial charge in [-0.05, 0) is 25.5 Å². The van der Waals surface area contributed by atoms with Gasteiger partial charge in [0.1, 0.15) is 6.26 Å². The largest absolute Gasteiger partial charge is 0.476 e. The number of aromatic nitrogens is 1. The smallest absolute Gasteiger partial charge is 0.357 e. The number of benzene rings is 1. The summed E-state index contributed by atoms with van der Waals surface area (Å²) in [7, 11) is 1.79. The van der Waals surface area contributed by atoms with E-state index in [1.54, 1.807) is 11.9 Å². The van der Waals surface area contributed by atoms with Gasteiger partial charge in [0.25, 0.3) is 0 Å². The van der Waals surface area contributed by atoms with Crippen molar-refractivity contribution in [2.24, 2.45) is 0 Å². The van der Waals surface area contributed by atoms with Crippen LogP contribution in [0.25, 0.3) is 0 Å². The summed E-state index contributed by atoms with van der Waals surface area (Å²) < 4.78 is 5.16. The molecule has 2 rings (SSSR count). The van der Waals surface area contributed by atoms with E-state index < -0.39 is 5.97 Å². The molecule has 1 heterocycles. The molecule has 0 saturated heterocycles. The molecule has 1 N–H and O–H groups in total. The highest BCUT2D eigenvalue weighted by Gasteiger charge is 2.15. The van der Waals surface area contributed by atoms with Crippen LogP contribution in [0.1, 0.15) is 21.6 Å². The number of nitrogens with zero attached hydrogens (tertiary/aromatic N) is 2. The van der Waals surface area contributed by atoms with Crippen molar-refractivity contribution in [3.8, 4) is 0 Å². The Balaban J connectivity index is 2.35. The quantitative estimate of drug-likeness (QED) is 0.901. The number of anilines is 2. The predicted octanol–water partition coefficient (Wildman–Crippen LogP) is 2.76.